The average Bonchev–Trinajstić information content (AvgIpc) is 3.46. The first-order valence-corrected chi connectivity index (χ1v) is 16.1. The fourth-order valence-corrected chi connectivity index (χ4v) is 8.41. The quantitative estimate of drug-likeness (QED) is 0.110. The number of esters is 1. The molecule has 3 aliphatic heterocycles. The number of unbranched alkanes of at least 4 members (excludes halogenated alkanes) is 4. The Morgan fingerprint density at radius 3 is 2.44 bits per heavy atom. The van der Waals surface area contributed by atoms with Crippen LogP contribution in [-0.2, 0) is 23.9 Å². The highest BCUT2D eigenvalue weighted by molar-refractivity contribution is 9.09. The Morgan fingerprint density at radius 1 is 1.15 bits per heavy atom. The molecule has 1 N–H and O–H groups in total. The van der Waals surface area contributed by atoms with E-state index in [0.29, 0.717) is 38.8 Å². The zero-order valence-electron chi connectivity index (χ0n) is 25.7. The van der Waals surface area contributed by atoms with Crippen LogP contribution in [0.4, 0.5) is 0 Å². The van der Waals surface area contributed by atoms with E-state index >= 15 is 0 Å². The number of amides is 2. The van der Waals surface area contributed by atoms with Crippen LogP contribution in [0.5, 0.6) is 0 Å². The number of rotatable bonds is 16. The SMILES string of the molecule is C=CCCCOC(=O)[C@H]1[C@H]2C(=O)N(CCCCCCO)C(C(=O)N(CC=C)C(C)(C)CC(C)(C)C)C23CC(Br)[C@@H]1O3. The molecule has 3 aliphatic rings. The minimum Gasteiger partial charge on any atom is -0.465 e. The van der Waals surface area contributed by atoms with E-state index < -0.39 is 41.1 Å². The summed E-state index contributed by atoms with van der Waals surface area (Å²) in [6.45, 7) is 19.3. The second kappa shape index (κ2) is 13.7. The smallest absolute Gasteiger partial charge is 0.312 e. The summed E-state index contributed by atoms with van der Waals surface area (Å²) in [5.41, 5.74) is -1.66. The van der Waals surface area contributed by atoms with E-state index in [0.717, 1.165) is 25.7 Å². The summed E-state index contributed by atoms with van der Waals surface area (Å²) in [6.07, 6.45) is 8.66. The van der Waals surface area contributed by atoms with Crippen molar-refractivity contribution in [2.45, 2.75) is 114 Å². The third-order valence-corrected chi connectivity index (χ3v) is 9.52. The van der Waals surface area contributed by atoms with Gasteiger partial charge in [-0.2, -0.15) is 0 Å². The molecule has 8 nitrogen and oxygen atoms in total. The molecule has 0 radical (unpaired) electrons. The lowest BCUT2D eigenvalue weighted by atomic mass is 9.70. The molecular weight excluding hydrogens is 588 g/mol. The molecular formula is C32H51BrN2O6. The minimum atomic E-state index is -1.11. The Labute approximate surface area is 255 Å². The third kappa shape index (κ3) is 7.10. The van der Waals surface area contributed by atoms with Gasteiger partial charge in [-0.05, 0) is 57.8 Å². The molecule has 6 atom stereocenters. The van der Waals surface area contributed by atoms with E-state index in [9.17, 15) is 19.5 Å². The predicted molar refractivity (Wildman–Crippen MR) is 163 cm³/mol. The monoisotopic (exact) mass is 638 g/mol. The van der Waals surface area contributed by atoms with Crippen LogP contribution in [-0.4, -0.2) is 87.1 Å². The van der Waals surface area contributed by atoms with Crippen LogP contribution in [0.2, 0.25) is 0 Å². The van der Waals surface area contributed by atoms with Gasteiger partial charge in [0.2, 0.25) is 11.8 Å². The van der Waals surface area contributed by atoms with Gasteiger partial charge in [-0.3, -0.25) is 14.4 Å². The molecule has 3 unspecified atom stereocenters. The molecule has 2 bridgehead atoms. The largest absolute Gasteiger partial charge is 0.465 e. The Balaban J connectivity index is 2.00. The highest BCUT2D eigenvalue weighted by atomic mass is 79.9. The Bertz CT molecular complexity index is 978. The highest BCUT2D eigenvalue weighted by Crippen LogP contribution is 2.60. The second-order valence-corrected chi connectivity index (χ2v) is 14.9. The fourth-order valence-electron chi connectivity index (χ4n) is 7.47. The fraction of sp³-hybridized carbons (Fsp3) is 0.781. The van der Waals surface area contributed by atoms with Crippen LogP contribution in [0.1, 0.15) is 86.0 Å². The van der Waals surface area contributed by atoms with Gasteiger partial charge in [-0.25, -0.2) is 0 Å². The number of carbonyl (C=O) groups excluding carboxylic acids is 3. The van der Waals surface area contributed by atoms with E-state index in [-0.39, 0.29) is 35.3 Å². The van der Waals surface area contributed by atoms with Gasteiger partial charge in [0.15, 0.2) is 0 Å². The maximum Gasteiger partial charge on any atom is 0.312 e. The first-order valence-electron chi connectivity index (χ1n) is 15.2. The minimum absolute atomic E-state index is 0.0361. The number of likely N-dealkylation sites (tertiary alicyclic amines) is 1. The molecule has 3 rings (SSSR count). The van der Waals surface area contributed by atoms with Crippen LogP contribution < -0.4 is 0 Å². The Kier molecular flexibility index (Phi) is 11.3. The van der Waals surface area contributed by atoms with Crippen molar-refractivity contribution >= 4 is 33.7 Å². The lowest BCUT2D eigenvalue weighted by molar-refractivity contribution is -0.156. The first kappa shape index (κ1) is 33.8. The van der Waals surface area contributed by atoms with Gasteiger partial charge in [0.25, 0.3) is 0 Å². The number of aliphatic hydroxyl groups is 1. The molecule has 232 valence electrons. The van der Waals surface area contributed by atoms with Crippen molar-refractivity contribution in [3.63, 3.8) is 0 Å². The molecule has 9 heteroatoms. The van der Waals surface area contributed by atoms with Crippen LogP contribution in [0.25, 0.3) is 0 Å². The second-order valence-electron chi connectivity index (χ2n) is 13.7. The molecule has 3 saturated heterocycles. The molecule has 0 aliphatic carbocycles. The number of ether oxygens (including phenoxy) is 2. The van der Waals surface area contributed by atoms with Crippen molar-refractivity contribution in [3.05, 3.63) is 25.3 Å². The van der Waals surface area contributed by atoms with E-state index in [4.69, 9.17) is 9.47 Å². The number of halogens is 1. The summed E-state index contributed by atoms with van der Waals surface area (Å²) in [7, 11) is 0. The maximum absolute atomic E-state index is 14.7. The van der Waals surface area contributed by atoms with Crippen LogP contribution in [0, 0.1) is 17.3 Å². The third-order valence-electron chi connectivity index (χ3n) is 8.67. The van der Waals surface area contributed by atoms with Gasteiger partial charge >= 0.3 is 5.97 Å². The van der Waals surface area contributed by atoms with Crippen LogP contribution >= 0.6 is 15.9 Å². The first-order chi connectivity index (χ1) is 19.3. The standard InChI is InChI=1S/C32H51BrN2O6/c1-8-10-15-19-40-29(39)23-24-27(37)34(17-13-11-12-14-18-36)26(32(24)20-22(33)25(23)41-32)28(38)35(16-9-2)31(6,7)21-30(3,4)5/h8-9,22-26,36H,1-2,10-21H2,3-7H3/t22?,23-,24-,25-,26?,32?/m0/s1. The zero-order chi connectivity index (χ0) is 30.6. The van der Waals surface area contributed by atoms with E-state index in [2.05, 4.69) is 63.7 Å². The van der Waals surface area contributed by atoms with Crippen molar-refractivity contribution < 1.29 is 29.0 Å². The topological polar surface area (TPSA) is 96.4 Å². The molecule has 0 aromatic carbocycles. The van der Waals surface area contributed by atoms with Crippen LogP contribution in [0.15, 0.2) is 25.3 Å². The summed E-state index contributed by atoms with van der Waals surface area (Å²) < 4.78 is 12.3. The molecule has 41 heavy (non-hydrogen) atoms. The number of carbonyl (C=O) groups is 3. The zero-order valence-corrected chi connectivity index (χ0v) is 27.3. The van der Waals surface area contributed by atoms with Crippen LogP contribution in [0.3, 0.4) is 0 Å². The molecule has 3 fully saturated rings. The lowest BCUT2D eigenvalue weighted by Gasteiger charge is -2.45. The van der Waals surface area contributed by atoms with Gasteiger partial charge in [0.05, 0.1) is 24.5 Å². The van der Waals surface area contributed by atoms with Gasteiger partial charge in [0.1, 0.15) is 11.6 Å². The molecule has 0 aromatic rings. The molecule has 3 heterocycles. The Hall–Kier alpha value is -1.71. The average molecular weight is 640 g/mol. The van der Waals surface area contributed by atoms with Crippen molar-refractivity contribution in [2.24, 2.45) is 17.3 Å². The Morgan fingerprint density at radius 2 is 1.83 bits per heavy atom. The number of nitrogens with zero attached hydrogens (tertiary/aromatic N) is 2. The summed E-state index contributed by atoms with van der Waals surface area (Å²) in [5.74, 6) is -2.33. The number of allylic oxidation sites excluding steroid dienone is 1. The number of hydrogen-bond acceptors (Lipinski definition) is 6. The van der Waals surface area contributed by atoms with Crippen molar-refractivity contribution in [1.29, 1.82) is 0 Å². The van der Waals surface area contributed by atoms with Gasteiger partial charge in [0, 0.05) is 30.1 Å². The van der Waals surface area contributed by atoms with Crippen molar-refractivity contribution in [3.8, 4) is 0 Å². The van der Waals surface area contributed by atoms with E-state index in [1.807, 2.05) is 4.90 Å². The summed E-state index contributed by atoms with van der Waals surface area (Å²) in [4.78, 5) is 45.8. The van der Waals surface area contributed by atoms with Crippen molar-refractivity contribution in [1.82, 2.24) is 9.80 Å². The molecule has 2 amide bonds. The summed E-state index contributed by atoms with van der Waals surface area (Å²) in [6, 6.07) is -0.847. The lowest BCUT2D eigenvalue weighted by Crippen LogP contribution is -2.61. The van der Waals surface area contributed by atoms with Gasteiger partial charge in [-0.1, -0.05) is 61.7 Å². The number of hydrogen-bond donors (Lipinski definition) is 1. The van der Waals surface area contributed by atoms with Gasteiger partial charge < -0.3 is 24.4 Å². The van der Waals surface area contributed by atoms with Crippen molar-refractivity contribution in [2.75, 3.05) is 26.3 Å². The normalized spacial score (nSPS) is 29.0. The predicted octanol–water partition coefficient (Wildman–Crippen LogP) is 5.03. The summed E-state index contributed by atoms with van der Waals surface area (Å²) >= 11 is 3.73. The number of fused-ring (bicyclic) bond motifs is 1. The number of aliphatic hydroxyl groups excluding tert-OH is 1. The molecule has 0 aromatic heterocycles. The van der Waals surface area contributed by atoms with E-state index in [1.165, 1.54) is 0 Å². The van der Waals surface area contributed by atoms with Gasteiger partial charge in [-0.15, -0.1) is 13.2 Å². The van der Waals surface area contributed by atoms with E-state index in [1.54, 1.807) is 17.1 Å². The summed E-state index contributed by atoms with van der Waals surface area (Å²) in [5, 5.41) is 9.19. The molecule has 0 saturated carbocycles. The highest BCUT2D eigenvalue weighted by Gasteiger charge is 2.77. The molecule has 1 spiro atoms. The maximum atomic E-state index is 14.7. The number of alkyl halides is 1.